The average Bonchev–Trinajstić information content (AvgIpc) is 2.85. The van der Waals surface area contributed by atoms with E-state index in [4.69, 9.17) is 5.73 Å². The van der Waals surface area contributed by atoms with E-state index in [0.29, 0.717) is 22.8 Å². The monoisotopic (exact) mass is 477 g/mol. The summed E-state index contributed by atoms with van der Waals surface area (Å²) in [6, 6.07) is 9.34. The van der Waals surface area contributed by atoms with Gasteiger partial charge in [-0.2, -0.15) is 0 Å². The Balaban J connectivity index is 1.64. The van der Waals surface area contributed by atoms with E-state index in [0.717, 1.165) is 37.2 Å². The maximum Gasteiger partial charge on any atom is 0.256 e. The van der Waals surface area contributed by atoms with E-state index in [1.54, 1.807) is 49.8 Å². The molecule has 1 aromatic carbocycles. The molecule has 1 saturated heterocycles. The summed E-state index contributed by atoms with van der Waals surface area (Å²) in [6.45, 7) is 3.96. The number of aryl methyl sites for hydroxylation is 1. The lowest BCUT2D eigenvalue weighted by atomic mass is 9.94. The molecule has 3 heterocycles. The SMILES string of the molecule is CNC(c1ccc(C(=O)Nc2ccccn2)cc1F)c1c(N)ncc(C)c1N[C@@H]1CCCN(C)C1. The molecule has 2 aromatic heterocycles. The van der Waals surface area contributed by atoms with Gasteiger partial charge < -0.3 is 26.6 Å². The van der Waals surface area contributed by atoms with Gasteiger partial charge in [0, 0.05) is 47.4 Å². The number of hydrogen-bond acceptors (Lipinski definition) is 7. The number of likely N-dealkylation sites (tertiary alicyclic amines) is 1. The molecule has 0 saturated carbocycles. The zero-order chi connectivity index (χ0) is 24.9. The highest BCUT2D eigenvalue weighted by Crippen LogP contribution is 2.36. The third-order valence-electron chi connectivity index (χ3n) is 6.37. The highest BCUT2D eigenvalue weighted by molar-refractivity contribution is 6.03. The zero-order valence-corrected chi connectivity index (χ0v) is 20.3. The molecular formula is C26H32FN7O. The van der Waals surface area contributed by atoms with Gasteiger partial charge >= 0.3 is 0 Å². The Morgan fingerprint density at radius 3 is 2.77 bits per heavy atom. The van der Waals surface area contributed by atoms with Crippen LogP contribution in [-0.4, -0.2) is 54.0 Å². The number of aromatic nitrogens is 2. The number of halogens is 1. The number of nitrogen functional groups attached to an aromatic ring is 1. The molecule has 0 bridgehead atoms. The predicted octanol–water partition coefficient (Wildman–Crippen LogP) is 3.57. The normalized spacial score (nSPS) is 17.1. The third-order valence-corrected chi connectivity index (χ3v) is 6.37. The average molecular weight is 478 g/mol. The van der Waals surface area contributed by atoms with Gasteiger partial charge in [-0.25, -0.2) is 14.4 Å². The van der Waals surface area contributed by atoms with Crippen molar-refractivity contribution in [2.45, 2.75) is 31.8 Å². The minimum absolute atomic E-state index is 0.200. The largest absolute Gasteiger partial charge is 0.383 e. The van der Waals surface area contributed by atoms with E-state index in [1.807, 2.05) is 6.92 Å². The first-order valence-corrected chi connectivity index (χ1v) is 11.8. The van der Waals surface area contributed by atoms with Crippen molar-refractivity contribution < 1.29 is 9.18 Å². The lowest BCUT2D eigenvalue weighted by Crippen LogP contribution is -2.40. The topological polar surface area (TPSA) is 108 Å². The number of benzene rings is 1. The van der Waals surface area contributed by atoms with Gasteiger partial charge in [-0.3, -0.25) is 4.79 Å². The van der Waals surface area contributed by atoms with E-state index >= 15 is 4.39 Å². The molecule has 35 heavy (non-hydrogen) atoms. The summed E-state index contributed by atoms with van der Waals surface area (Å²) in [5.41, 5.74) is 9.44. The van der Waals surface area contributed by atoms with E-state index in [1.165, 1.54) is 6.07 Å². The number of amides is 1. The quantitative estimate of drug-likeness (QED) is 0.412. The molecule has 1 aliphatic rings. The molecule has 3 aromatic rings. The number of rotatable bonds is 7. The first-order chi connectivity index (χ1) is 16.9. The molecular weight excluding hydrogens is 445 g/mol. The maximum atomic E-state index is 15.4. The Morgan fingerprint density at radius 2 is 2.09 bits per heavy atom. The maximum absolute atomic E-state index is 15.4. The van der Waals surface area contributed by atoms with Crippen molar-refractivity contribution >= 4 is 23.2 Å². The molecule has 5 N–H and O–H groups in total. The molecule has 1 amide bonds. The number of carbonyl (C=O) groups is 1. The van der Waals surface area contributed by atoms with Crippen LogP contribution in [0.3, 0.4) is 0 Å². The van der Waals surface area contributed by atoms with Crippen LogP contribution in [0.4, 0.5) is 21.7 Å². The summed E-state index contributed by atoms with van der Waals surface area (Å²) in [5, 5.41) is 9.53. The summed E-state index contributed by atoms with van der Waals surface area (Å²) >= 11 is 0. The van der Waals surface area contributed by atoms with Gasteiger partial charge in [0.05, 0.1) is 6.04 Å². The lowest BCUT2D eigenvalue weighted by molar-refractivity contribution is 0.102. The summed E-state index contributed by atoms with van der Waals surface area (Å²) < 4.78 is 15.4. The molecule has 0 radical (unpaired) electrons. The molecule has 9 heteroatoms. The van der Waals surface area contributed by atoms with Crippen molar-refractivity contribution in [3.8, 4) is 0 Å². The Labute approximate surface area is 205 Å². The van der Waals surface area contributed by atoms with E-state index in [2.05, 4.69) is 37.9 Å². The number of hydrogen-bond donors (Lipinski definition) is 4. The van der Waals surface area contributed by atoms with Gasteiger partial charge in [-0.15, -0.1) is 0 Å². The van der Waals surface area contributed by atoms with Gasteiger partial charge in [-0.1, -0.05) is 12.1 Å². The van der Waals surface area contributed by atoms with Crippen LogP contribution in [0, 0.1) is 12.7 Å². The molecule has 1 aliphatic heterocycles. The van der Waals surface area contributed by atoms with Crippen LogP contribution in [0.2, 0.25) is 0 Å². The van der Waals surface area contributed by atoms with Gasteiger partial charge in [0.2, 0.25) is 0 Å². The van der Waals surface area contributed by atoms with Gasteiger partial charge in [0.25, 0.3) is 5.91 Å². The summed E-state index contributed by atoms with van der Waals surface area (Å²) in [5.74, 6) is -0.214. The van der Waals surface area contributed by atoms with Crippen molar-refractivity contribution in [3.05, 3.63) is 76.9 Å². The Morgan fingerprint density at radius 1 is 1.26 bits per heavy atom. The second kappa shape index (κ2) is 10.8. The Hall–Kier alpha value is -3.56. The van der Waals surface area contributed by atoms with Gasteiger partial charge in [-0.05, 0) is 70.2 Å². The van der Waals surface area contributed by atoms with Crippen molar-refractivity contribution in [1.82, 2.24) is 20.2 Å². The number of piperidine rings is 1. The highest BCUT2D eigenvalue weighted by atomic mass is 19.1. The Bertz CT molecular complexity index is 1190. The van der Waals surface area contributed by atoms with Crippen LogP contribution in [0.1, 0.15) is 45.9 Å². The molecule has 4 rings (SSSR count). The molecule has 1 unspecified atom stereocenters. The summed E-state index contributed by atoms with van der Waals surface area (Å²) in [6.07, 6.45) is 5.47. The predicted molar refractivity (Wildman–Crippen MR) is 137 cm³/mol. The number of nitrogens with two attached hydrogens (primary N) is 1. The molecule has 184 valence electrons. The van der Waals surface area contributed by atoms with Gasteiger partial charge in [0.15, 0.2) is 0 Å². The Kier molecular flexibility index (Phi) is 7.57. The van der Waals surface area contributed by atoms with Crippen molar-refractivity contribution in [1.29, 1.82) is 0 Å². The van der Waals surface area contributed by atoms with Gasteiger partial charge in [0.1, 0.15) is 17.5 Å². The number of nitrogens with one attached hydrogen (secondary N) is 3. The van der Waals surface area contributed by atoms with Crippen LogP contribution in [0.25, 0.3) is 0 Å². The minimum Gasteiger partial charge on any atom is -0.383 e. The first-order valence-electron chi connectivity index (χ1n) is 11.8. The molecule has 1 fully saturated rings. The highest BCUT2D eigenvalue weighted by Gasteiger charge is 2.27. The lowest BCUT2D eigenvalue weighted by Gasteiger charge is -2.33. The molecule has 2 atom stereocenters. The van der Waals surface area contributed by atoms with Crippen molar-refractivity contribution in [3.63, 3.8) is 0 Å². The first kappa shape index (κ1) is 24.6. The third kappa shape index (κ3) is 5.58. The number of anilines is 3. The molecule has 8 nitrogen and oxygen atoms in total. The second-order valence-corrected chi connectivity index (χ2v) is 8.99. The minimum atomic E-state index is -0.556. The summed E-state index contributed by atoms with van der Waals surface area (Å²) in [4.78, 5) is 23.3. The number of pyridine rings is 2. The molecule has 0 aliphatic carbocycles. The van der Waals surface area contributed by atoms with Crippen molar-refractivity contribution in [2.24, 2.45) is 0 Å². The smallest absolute Gasteiger partial charge is 0.256 e. The van der Waals surface area contributed by atoms with Crippen LogP contribution in [-0.2, 0) is 0 Å². The van der Waals surface area contributed by atoms with Crippen LogP contribution < -0.4 is 21.7 Å². The number of carbonyl (C=O) groups excluding carboxylic acids is 1. The van der Waals surface area contributed by atoms with Crippen LogP contribution in [0.15, 0.2) is 48.8 Å². The molecule has 0 spiro atoms. The summed E-state index contributed by atoms with van der Waals surface area (Å²) in [7, 11) is 3.87. The standard InChI is InChI=1S/C26H32FN7O/c1-16-14-31-25(28)22(23(16)32-18-7-6-12-34(3)15-18)24(29-2)19-10-9-17(13-20(19)27)26(35)33-21-8-4-5-11-30-21/h4-5,8-11,13-14,18,24,29H,6-7,12,15H2,1-3H3,(H3,28,31,32)(H,30,33,35)/t18-,24?/m1/s1. The van der Waals surface area contributed by atoms with Crippen LogP contribution in [0.5, 0.6) is 0 Å². The van der Waals surface area contributed by atoms with E-state index in [9.17, 15) is 4.79 Å². The number of nitrogens with zero attached hydrogens (tertiary/aromatic N) is 3. The van der Waals surface area contributed by atoms with E-state index < -0.39 is 17.8 Å². The fourth-order valence-electron chi connectivity index (χ4n) is 4.60. The fraction of sp³-hybridized carbons (Fsp3) is 0.346. The fourth-order valence-corrected chi connectivity index (χ4v) is 4.60. The van der Waals surface area contributed by atoms with Crippen molar-refractivity contribution in [2.75, 3.05) is 43.6 Å². The second-order valence-electron chi connectivity index (χ2n) is 8.99. The van der Waals surface area contributed by atoms with E-state index in [-0.39, 0.29) is 11.6 Å². The zero-order valence-electron chi connectivity index (χ0n) is 20.3. The van der Waals surface area contributed by atoms with Crippen LogP contribution >= 0.6 is 0 Å². The number of likely N-dealkylation sites (N-methyl/N-ethyl adjacent to an activating group) is 1.